The Kier molecular flexibility index (Phi) is 3.32. The maximum atomic E-state index is 6.24. The van der Waals surface area contributed by atoms with Gasteiger partial charge in [-0.2, -0.15) is 0 Å². The lowest BCUT2D eigenvalue weighted by Gasteiger charge is -2.43. The predicted octanol–water partition coefficient (Wildman–Crippen LogP) is 6.22. The number of para-hydroxylation sites is 2. The van der Waals surface area contributed by atoms with Gasteiger partial charge < -0.3 is 14.5 Å². The Balaban J connectivity index is 1.50. The first-order valence-corrected chi connectivity index (χ1v) is 9.77. The number of hydrogen-bond donors (Lipinski definition) is 1. The highest BCUT2D eigenvalue weighted by molar-refractivity contribution is 6.05. The van der Waals surface area contributed by atoms with E-state index >= 15 is 0 Å². The van der Waals surface area contributed by atoms with Crippen LogP contribution in [0.1, 0.15) is 36.1 Å². The van der Waals surface area contributed by atoms with Crippen LogP contribution in [0.5, 0.6) is 0 Å². The molecule has 3 aromatic carbocycles. The van der Waals surface area contributed by atoms with E-state index in [1.165, 1.54) is 34.0 Å². The fraction of sp³-hybridized carbons (Fsp3) is 0.250. The molecule has 1 saturated heterocycles. The Hall–Kier alpha value is -2.78. The van der Waals surface area contributed by atoms with Crippen molar-refractivity contribution in [1.29, 1.82) is 0 Å². The van der Waals surface area contributed by atoms with Gasteiger partial charge in [0.05, 0.1) is 12.1 Å². The molecular formula is C24H21NO2. The summed E-state index contributed by atoms with van der Waals surface area (Å²) in [7, 11) is 0. The number of rotatable bonds is 1. The molecule has 0 spiro atoms. The zero-order valence-corrected chi connectivity index (χ0v) is 15.0. The third-order valence-electron chi connectivity index (χ3n) is 6.13. The highest BCUT2D eigenvalue weighted by atomic mass is 16.5. The van der Waals surface area contributed by atoms with Crippen LogP contribution in [0.2, 0.25) is 0 Å². The first-order valence-electron chi connectivity index (χ1n) is 9.77. The van der Waals surface area contributed by atoms with Crippen LogP contribution < -0.4 is 5.32 Å². The smallest absolute Gasteiger partial charge is 0.135 e. The molecule has 134 valence electrons. The van der Waals surface area contributed by atoms with Gasteiger partial charge in [-0.1, -0.05) is 42.5 Å². The van der Waals surface area contributed by atoms with E-state index in [2.05, 4.69) is 59.9 Å². The molecule has 0 saturated carbocycles. The quantitative estimate of drug-likeness (QED) is 0.440. The molecule has 1 fully saturated rings. The van der Waals surface area contributed by atoms with Crippen LogP contribution in [0.15, 0.2) is 71.1 Å². The summed E-state index contributed by atoms with van der Waals surface area (Å²) < 4.78 is 12.3. The Morgan fingerprint density at radius 1 is 0.852 bits per heavy atom. The van der Waals surface area contributed by atoms with Crippen molar-refractivity contribution < 1.29 is 9.15 Å². The highest BCUT2D eigenvalue weighted by Gasteiger charge is 2.39. The summed E-state index contributed by atoms with van der Waals surface area (Å²) in [4.78, 5) is 0. The van der Waals surface area contributed by atoms with Gasteiger partial charge in [0.1, 0.15) is 11.2 Å². The summed E-state index contributed by atoms with van der Waals surface area (Å²) >= 11 is 0. The Labute approximate surface area is 157 Å². The molecule has 0 amide bonds. The van der Waals surface area contributed by atoms with Gasteiger partial charge in [-0.15, -0.1) is 0 Å². The minimum Gasteiger partial charge on any atom is -0.456 e. The Bertz CT molecular complexity index is 1150. The van der Waals surface area contributed by atoms with E-state index < -0.39 is 0 Å². The number of hydrogen-bond acceptors (Lipinski definition) is 3. The summed E-state index contributed by atoms with van der Waals surface area (Å²) in [6.45, 7) is 0.855. The minimum absolute atomic E-state index is 0.179. The molecule has 1 N–H and O–H groups in total. The van der Waals surface area contributed by atoms with E-state index in [-0.39, 0.29) is 12.1 Å². The molecule has 3 nitrogen and oxygen atoms in total. The molecule has 3 heterocycles. The standard InChI is InChI=1S/C24H21NO2/c1-3-9-20-17(7-1)24-18(8-5-13-26-24)23(25-20)15-11-12-22-19(14-15)16-6-2-4-10-21(16)27-22/h1-4,6-7,9-12,14,18,23-25H,5,8,13H2/t18?,23-,24?/m1/s1. The SMILES string of the molecule is c1ccc2c(c1)N[C@H](c1ccc3oc4ccccc4c3c1)C1CCCOC21. The maximum absolute atomic E-state index is 6.24. The fourth-order valence-electron chi connectivity index (χ4n) is 4.88. The molecule has 0 bridgehead atoms. The van der Waals surface area contributed by atoms with Crippen molar-refractivity contribution >= 4 is 27.6 Å². The zero-order chi connectivity index (χ0) is 17.8. The topological polar surface area (TPSA) is 34.4 Å². The van der Waals surface area contributed by atoms with Gasteiger partial charge in [-0.25, -0.2) is 0 Å². The van der Waals surface area contributed by atoms with Crippen molar-refractivity contribution in [1.82, 2.24) is 0 Å². The van der Waals surface area contributed by atoms with E-state index in [9.17, 15) is 0 Å². The predicted molar refractivity (Wildman–Crippen MR) is 108 cm³/mol. The van der Waals surface area contributed by atoms with E-state index in [4.69, 9.17) is 9.15 Å². The van der Waals surface area contributed by atoms with Crippen molar-refractivity contribution in [3.05, 3.63) is 77.9 Å². The van der Waals surface area contributed by atoms with Crippen LogP contribution in [-0.2, 0) is 4.74 Å². The minimum atomic E-state index is 0.179. The van der Waals surface area contributed by atoms with Gasteiger partial charge in [0.15, 0.2) is 0 Å². The molecule has 1 aromatic heterocycles. The molecule has 0 aliphatic carbocycles. The van der Waals surface area contributed by atoms with Gasteiger partial charge in [0, 0.05) is 34.5 Å². The number of fused-ring (bicyclic) bond motifs is 6. The highest BCUT2D eigenvalue weighted by Crippen LogP contribution is 2.49. The third kappa shape index (κ3) is 2.31. The summed E-state index contributed by atoms with van der Waals surface area (Å²) in [6, 6.07) is 23.7. The van der Waals surface area contributed by atoms with E-state index in [1.807, 2.05) is 12.1 Å². The second-order valence-corrected chi connectivity index (χ2v) is 7.66. The third-order valence-corrected chi connectivity index (χ3v) is 6.13. The van der Waals surface area contributed by atoms with Crippen LogP contribution in [0, 0.1) is 5.92 Å². The normalized spacial score (nSPS) is 24.4. The van der Waals surface area contributed by atoms with Crippen LogP contribution in [0.4, 0.5) is 5.69 Å². The lowest BCUT2D eigenvalue weighted by molar-refractivity contribution is -0.0381. The number of ether oxygens (including phenoxy) is 1. The van der Waals surface area contributed by atoms with Crippen molar-refractivity contribution in [2.24, 2.45) is 5.92 Å². The van der Waals surface area contributed by atoms with E-state index in [1.54, 1.807) is 0 Å². The number of furan rings is 1. The molecule has 0 radical (unpaired) electrons. The van der Waals surface area contributed by atoms with Gasteiger partial charge in [0.25, 0.3) is 0 Å². The summed E-state index contributed by atoms with van der Waals surface area (Å²) in [6.07, 6.45) is 2.48. The maximum Gasteiger partial charge on any atom is 0.135 e. The second kappa shape index (κ2) is 5.86. The molecule has 4 aromatic rings. The number of benzene rings is 3. The molecular weight excluding hydrogens is 334 g/mol. The Morgan fingerprint density at radius 2 is 1.70 bits per heavy atom. The monoisotopic (exact) mass is 355 g/mol. The van der Waals surface area contributed by atoms with E-state index in [0.717, 1.165) is 24.2 Å². The van der Waals surface area contributed by atoms with Crippen LogP contribution in [0.3, 0.4) is 0 Å². The summed E-state index contributed by atoms with van der Waals surface area (Å²) in [5.74, 6) is 0.448. The molecule has 2 aliphatic heterocycles. The van der Waals surface area contributed by atoms with Crippen molar-refractivity contribution in [3.8, 4) is 0 Å². The van der Waals surface area contributed by atoms with Crippen molar-refractivity contribution in [2.75, 3.05) is 11.9 Å². The van der Waals surface area contributed by atoms with Gasteiger partial charge in [-0.05, 0) is 42.7 Å². The van der Waals surface area contributed by atoms with Gasteiger partial charge in [0.2, 0.25) is 0 Å². The molecule has 27 heavy (non-hydrogen) atoms. The number of nitrogens with one attached hydrogen (secondary N) is 1. The van der Waals surface area contributed by atoms with Crippen LogP contribution in [-0.4, -0.2) is 6.61 Å². The average molecular weight is 355 g/mol. The zero-order valence-electron chi connectivity index (χ0n) is 15.0. The van der Waals surface area contributed by atoms with Gasteiger partial charge >= 0.3 is 0 Å². The van der Waals surface area contributed by atoms with Crippen molar-refractivity contribution in [3.63, 3.8) is 0 Å². The second-order valence-electron chi connectivity index (χ2n) is 7.66. The van der Waals surface area contributed by atoms with Gasteiger partial charge in [-0.3, -0.25) is 0 Å². The molecule has 2 aliphatic rings. The van der Waals surface area contributed by atoms with Crippen molar-refractivity contribution in [2.45, 2.75) is 25.0 Å². The fourth-order valence-corrected chi connectivity index (χ4v) is 4.88. The summed E-state index contributed by atoms with van der Waals surface area (Å²) in [5.41, 5.74) is 5.71. The molecule has 3 atom stereocenters. The largest absolute Gasteiger partial charge is 0.456 e. The average Bonchev–Trinajstić information content (AvgIpc) is 3.11. The van der Waals surface area contributed by atoms with Crippen LogP contribution >= 0.6 is 0 Å². The lowest BCUT2D eigenvalue weighted by atomic mass is 9.77. The van der Waals surface area contributed by atoms with E-state index in [0.29, 0.717) is 5.92 Å². The lowest BCUT2D eigenvalue weighted by Crippen LogP contribution is -2.35. The van der Waals surface area contributed by atoms with Crippen LogP contribution in [0.25, 0.3) is 21.9 Å². The first-order chi connectivity index (χ1) is 13.4. The number of anilines is 1. The molecule has 2 unspecified atom stereocenters. The Morgan fingerprint density at radius 3 is 2.70 bits per heavy atom. The summed E-state index contributed by atoms with van der Waals surface area (Å²) in [5, 5.41) is 6.18. The molecule has 6 rings (SSSR count). The molecule has 3 heteroatoms. The first kappa shape index (κ1) is 15.3.